The van der Waals surface area contributed by atoms with Crippen molar-refractivity contribution in [3.8, 4) is 0 Å². The molecule has 1 aromatic heterocycles. The summed E-state index contributed by atoms with van der Waals surface area (Å²) in [7, 11) is -3.43. The molecule has 1 fully saturated rings. The minimum absolute atomic E-state index is 0.0567. The molecule has 0 bridgehead atoms. The number of hydrogen-bond acceptors (Lipinski definition) is 4. The Balaban J connectivity index is 2.09. The van der Waals surface area contributed by atoms with Gasteiger partial charge in [-0.05, 0) is 50.2 Å². The first kappa shape index (κ1) is 15.0. The van der Waals surface area contributed by atoms with Gasteiger partial charge in [0.05, 0.1) is 6.61 Å². The molecule has 6 heteroatoms. The van der Waals surface area contributed by atoms with Gasteiger partial charge in [0.2, 0.25) is 10.0 Å². The zero-order chi connectivity index (χ0) is 14.0. The van der Waals surface area contributed by atoms with Gasteiger partial charge in [-0.2, -0.15) is 0 Å². The smallest absolute Gasteiger partial charge is 0.250 e. The van der Waals surface area contributed by atoms with E-state index in [0.29, 0.717) is 10.1 Å². The number of aryl methyl sites for hydroxylation is 1. The van der Waals surface area contributed by atoms with E-state index in [4.69, 9.17) is 5.11 Å². The molecular weight excluding hydrogens is 282 g/mol. The van der Waals surface area contributed by atoms with Crippen LogP contribution in [0.5, 0.6) is 0 Å². The Kier molecular flexibility index (Phi) is 4.66. The fourth-order valence-electron chi connectivity index (χ4n) is 2.43. The van der Waals surface area contributed by atoms with Gasteiger partial charge in [-0.25, -0.2) is 13.1 Å². The van der Waals surface area contributed by atoms with Crippen LogP contribution in [-0.2, 0) is 16.6 Å². The molecule has 0 saturated heterocycles. The number of sulfonamides is 1. The average Bonchev–Trinajstić information content (AvgIpc) is 2.74. The topological polar surface area (TPSA) is 66.4 Å². The van der Waals surface area contributed by atoms with Crippen molar-refractivity contribution in [2.24, 2.45) is 5.92 Å². The third-order valence-electron chi connectivity index (χ3n) is 3.74. The van der Waals surface area contributed by atoms with E-state index in [1.165, 1.54) is 0 Å². The Hall–Kier alpha value is -0.430. The molecule has 2 N–H and O–H groups in total. The van der Waals surface area contributed by atoms with Crippen molar-refractivity contribution in [3.05, 3.63) is 16.5 Å². The predicted molar refractivity (Wildman–Crippen MR) is 76.7 cm³/mol. The van der Waals surface area contributed by atoms with Crippen molar-refractivity contribution in [2.45, 2.75) is 56.4 Å². The van der Waals surface area contributed by atoms with Crippen molar-refractivity contribution in [1.82, 2.24) is 4.72 Å². The lowest BCUT2D eigenvalue weighted by Crippen LogP contribution is -2.36. The van der Waals surface area contributed by atoms with Crippen LogP contribution in [0.3, 0.4) is 0 Å². The highest BCUT2D eigenvalue weighted by atomic mass is 32.2. The van der Waals surface area contributed by atoms with Crippen molar-refractivity contribution in [2.75, 3.05) is 0 Å². The van der Waals surface area contributed by atoms with E-state index in [2.05, 4.69) is 11.6 Å². The lowest BCUT2D eigenvalue weighted by Gasteiger charge is -2.26. The van der Waals surface area contributed by atoms with Gasteiger partial charge in [0, 0.05) is 10.9 Å². The summed E-state index contributed by atoms with van der Waals surface area (Å²) in [4.78, 5) is 0.720. The minimum atomic E-state index is -3.43. The Bertz CT molecular complexity index is 528. The summed E-state index contributed by atoms with van der Waals surface area (Å²) in [6.45, 7) is 3.93. The molecule has 0 unspecified atom stereocenters. The number of aliphatic hydroxyl groups excluding tert-OH is 1. The highest BCUT2D eigenvalue weighted by Gasteiger charge is 2.25. The van der Waals surface area contributed by atoms with Crippen molar-refractivity contribution in [1.29, 1.82) is 0 Å². The molecule has 108 valence electrons. The van der Waals surface area contributed by atoms with Crippen LogP contribution in [-0.4, -0.2) is 19.6 Å². The molecular formula is C13H21NO3S2. The van der Waals surface area contributed by atoms with Gasteiger partial charge < -0.3 is 5.11 Å². The van der Waals surface area contributed by atoms with Crippen LogP contribution in [0.1, 0.15) is 43.0 Å². The third-order valence-corrected chi connectivity index (χ3v) is 6.96. The van der Waals surface area contributed by atoms with Gasteiger partial charge >= 0.3 is 0 Å². The highest BCUT2D eigenvalue weighted by molar-refractivity contribution is 7.91. The van der Waals surface area contributed by atoms with Crippen LogP contribution in [0, 0.1) is 12.8 Å². The quantitative estimate of drug-likeness (QED) is 0.897. The molecule has 19 heavy (non-hydrogen) atoms. The van der Waals surface area contributed by atoms with E-state index in [1.807, 2.05) is 6.92 Å². The van der Waals surface area contributed by atoms with Crippen molar-refractivity contribution < 1.29 is 13.5 Å². The SMILES string of the molecule is Cc1cc(S(=O)(=O)NC2CCC(C)CC2)sc1CO. The molecule has 1 aliphatic rings. The Morgan fingerprint density at radius 2 is 2.00 bits per heavy atom. The maximum Gasteiger partial charge on any atom is 0.250 e. The fourth-order valence-corrected chi connectivity index (χ4v) is 5.20. The molecule has 1 heterocycles. The second-order valence-electron chi connectivity index (χ2n) is 5.41. The molecule has 0 spiro atoms. The second kappa shape index (κ2) is 5.91. The van der Waals surface area contributed by atoms with Gasteiger partial charge in [-0.3, -0.25) is 0 Å². The summed E-state index contributed by atoms with van der Waals surface area (Å²) < 4.78 is 27.7. The molecule has 1 aromatic rings. The lowest BCUT2D eigenvalue weighted by molar-refractivity contribution is 0.285. The minimum Gasteiger partial charge on any atom is -0.391 e. The average molecular weight is 303 g/mol. The summed E-state index contributed by atoms with van der Waals surface area (Å²) >= 11 is 1.16. The third kappa shape index (κ3) is 3.56. The van der Waals surface area contributed by atoms with Crippen LogP contribution in [0.15, 0.2) is 10.3 Å². The van der Waals surface area contributed by atoms with Crippen molar-refractivity contribution >= 4 is 21.4 Å². The monoisotopic (exact) mass is 303 g/mol. The van der Waals surface area contributed by atoms with Crippen LogP contribution in [0.2, 0.25) is 0 Å². The van der Waals surface area contributed by atoms with Crippen LogP contribution in [0.4, 0.5) is 0 Å². The summed E-state index contributed by atoms with van der Waals surface area (Å²) in [6.07, 6.45) is 3.99. The van der Waals surface area contributed by atoms with E-state index < -0.39 is 10.0 Å². The maximum absolute atomic E-state index is 12.3. The summed E-state index contributed by atoms with van der Waals surface area (Å²) in [5.74, 6) is 0.700. The Morgan fingerprint density at radius 3 is 2.53 bits per heavy atom. The van der Waals surface area contributed by atoms with E-state index in [1.54, 1.807) is 6.07 Å². The number of rotatable bonds is 4. The maximum atomic E-state index is 12.3. The van der Waals surface area contributed by atoms with Gasteiger partial charge in [0.25, 0.3) is 0 Å². The predicted octanol–water partition coefficient (Wildman–Crippen LogP) is 2.41. The largest absolute Gasteiger partial charge is 0.391 e. The first-order chi connectivity index (χ1) is 8.92. The van der Waals surface area contributed by atoms with Gasteiger partial charge in [0.15, 0.2) is 0 Å². The number of nitrogens with one attached hydrogen (secondary N) is 1. The van der Waals surface area contributed by atoms with E-state index in [0.717, 1.165) is 47.5 Å². The molecule has 4 nitrogen and oxygen atoms in total. The molecule has 0 amide bonds. The van der Waals surface area contributed by atoms with E-state index >= 15 is 0 Å². The fraction of sp³-hybridized carbons (Fsp3) is 0.692. The van der Waals surface area contributed by atoms with E-state index in [-0.39, 0.29) is 12.6 Å². The lowest BCUT2D eigenvalue weighted by atomic mass is 9.88. The van der Waals surface area contributed by atoms with Gasteiger partial charge in [-0.1, -0.05) is 6.92 Å². The highest BCUT2D eigenvalue weighted by Crippen LogP contribution is 2.28. The molecule has 1 saturated carbocycles. The molecule has 0 aliphatic heterocycles. The van der Waals surface area contributed by atoms with Gasteiger partial charge in [-0.15, -0.1) is 11.3 Å². The second-order valence-corrected chi connectivity index (χ2v) is 8.49. The zero-order valence-corrected chi connectivity index (χ0v) is 13.0. The van der Waals surface area contributed by atoms with Crippen LogP contribution in [0.25, 0.3) is 0 Å². The Morgan fingerprint density at radius 1 is 1.37 bits per heavy atom. The molecule has 0 atom stereocenters. The molecule has 1 aliphatic carbocycles. The molecule has 0 radical (unpaired) electrons. The van der Waals surface area contributed by atoms with Gasteiger partial charge in [0.1, 0.15) is 4.21 Å². The molecule has 2 rings (SSSR count). The summed E-state index contributed by atoms with van der Waals surface area (Å²) in [5.41, 5.74) is 0.838. The van der Waals surface area contributed by atoms with E-state index in [9.17, 15) is 8.42 Å². The molecule has 0 aromatic carbocycles. The first-order valence-corrected chi connectivity index (χ1v) is 8.95. The normalized spacial score (nSPS) is 24.6. The van der Waals surface area contributed by atoms with Crippen LogP contribution >= 0.6 is 11.3 Å². The number of hydrogen-bond donors (Lipinski definition) is 2. The Labute approximate surface area is 118 Å². The zero-order valence-electron chi connectivity index (χ0n) is 11.3. The number of aliphatic hydroxyl groups is 1. The first-order valence-electron chi connectivity index (χ1n) is 6.65. The summed E-state index contributed by atoms with van der Waals surface area (Å²) in [6, 6.07) is 1.70. The van der Waals surface area contributed by atoms with Crippen molar-refractivity contribution in [3.63, 3.8) is 0 Å². The standard InChI is InChI=1S/C13H21NO3S2/c1-9-3-5-11(6-4-9)14-19(16,17)13-7-10(2)12(8-15)18-13/h7,9,11,14-15H,3-6,8H2,1-2H3. The number of thiophene rings is 1. The summed E-state index contributed by atoms with van der Waals surface area (Å²) in [5, 5.41) is 9.14. The van der Waals surface area contributed by atoms with Crippen LogP contribution < -0.4 is 4.72 Å².